The van der Waals surface area contributed by atoms with E-state index in [0.29, 0.717) is 5.92 Å². The van der Waals surface area contributed by atoms with Crippen LogP contribution < -0.4 is 15.5 Å². The van der Waals surface area contributed by atoms with Gasteiger partial charge in [-0.25, -0.2) is 0 Å². The molecule has 26 heavy (non-hydrogen) atoms. The topological polar surface area (TPSA) is 39.7 Å². The monoisotopic (exact) mass is 484 g/mol. The highest BCUT2D eigenvalue weighted by Crippen LogP contribution is 2.26. The molecule has 2 heterocycles. The second kappa shape index (κ2) is 10.2. The molecule has 1 aliphatic heterocycles. The van der Waals surface area contributed by atoms with Gasteiger partial charge in [0, 0.05) is 39.4 Å². The van der Waals surface area contributed by atoms with Crippen LogP contribution in [0.4, 0.5) is 5.69 Å². The Morgan fingerprint density at radius 1 is 1.31 bits per heavy atom. The SMILES string of the molecule is CN=C(NCc1ccc2c(c1)CCCN2C)NCC(C)c1ccsc1.I. The van der Waals surface area contributed by atoms with Gasteiger partial charge in [-0.15, -0.1) is 24.0 Å². The predicted molar refractivity (Wildman–Crippen MR) is 124 cm³/mol. The van der Waals surface area contributed by atoms with Crippen LogP contribution in [-0.2, 0) is 13.0 Å². The number of thiophene rings is 1. The molecule has 1 atom stereocenters. The third kappa shape index (κ3) is 5.36. The molecule has 1 aliphatic rings. The zero-order chi connectivity index (χ0) is 17.6. The van der Waals surface area contributed by atoms with Crippen LogP contribution in [0.1, 0.15) is 36.0 Å². The van der Waals surface area contributed by atoms with Gasteiger partial charge in [-0.3, -0.25) is 4.99 Å². The minimum absolute atomic E-state index is 0. The molecule has 0 bridgehead atoms. The molecule has 6 heteroatoms. The Hall–Kier alpha value is -1.28. The van der Waals surface area contributed by atoms with Crippen molar-refractivity contribution in [3.8, 4) is 0 Å². The summed E-state index contributed by atoms with van der Waals surface area (Å²) < 4.78 is 0. The molecular formula is C20H29IN4S. The van der Waals surface area contributed by atoms with Gasteiger partial charge in [0.2, 0.25) is 0 Å². The van der Waals surface area contributed by atoms with Crippen molar-refractivity contribution in [1.29, 1.82) is 0 Å². The lowest BCUT2D eigenvalue weighted by molar-refractivity contribution is 0.700. The van der Waals surface area contributed by atoms with E-state index >= 15 is 0 Å². The van der Waals surface area contributed by atoms with Crippen molar-refractivity contribution >= 4 is 47.0 Å². The van der Waals surface area contributed by atoms with E-state index in [1.807, 2.05) is 7.05 Å². The summed E-state index contributed by atoms with van der Waals surface area (Å²) in [6.07, 6.45) is 2.42. The average Bonchev–Trinajstić information content (AvgIpc) is 3.16. The van der Waals surface area contributed by atoms with Gasteiger partial charge in [0.05, 0.1) is 0 Å². The number of hydrogen-bond acceptors (Lipinski definition) is 3. The molecule has 2 aromatic rings. The molecule has 1 aromatic carbocycles. The van der Waals surface area contributed by atoms with Crippen molar-refractivity contribution < 1.29 is 0 Å². The maximum atomic E-state index is 4.34. The first-order valence-electron chi connectivity index (χ1n) is 8.97. The fraction of sp³-hybridized carbons (Fsp3) is 0.450. The molecule has 0 saturated heterocycles. The highest BCUT2D eigenvalue weighted by molar-refractivity contribution is 14.0. The lowest BCUT2D eigenvalue weighted by atomic mass is 9.99. The summed E-state index contributed by atoms with van der Waals surface area (Å²) in [4.78, 5) is 6.69. The fourth-order valence-electron chi connectivity index (χ4n) is 3.28. The van der Waals surface area contributed by atoms with Gasteiger partial charge < -0.3 is 15.5 Å². The maximum Gasteiger partial charge on any atom is 0.191 e. The molecule has 0 spiro atoms. The number of aryl methyl sites for hydroxylation is 1. The van der Waals surface area contributed by atoms with Crippen LogP contribution >= 0.6 is 35.3 Å². The Balaban J connectivity index is 0.00000243. The molecule has 2 N–H and O–H groups in total. The van der Waals surface area contributed by atoms with Crippen molar-refractivity contribution in [3.63, 3.8) is 0 Å². The summed E-state index contributed by atoms with van der Waals surface area (Å²) in [5.74, 6) is 1.33. The molecule has 142 valence electrons. The van der Waals surface area contributed by atoms with E-state index < -0.39 is 0 Å². The van der Waals surface area contributed by atoms with Crippen LogP contribution in [0, 0.1) is 0 Å². The first kappa shape index (κ1) is 21.0. The van der Waals surface area contributed by atoms with Crippen molar-refractivity contribution in [2.24, 2.45) is 4.99 Å². The van der Waals surface area contributed by atoms with E-state index in [1.54, 1.807) is 11.3 Å². The van der Waals surface area contributed by atoms with Crippen molar-refractivity contribution in [2.75, 3.05) is 32.1 Å². The zero-order valence-corrected chi connectivity index (χ0v) is 18.9. The van der Waals surface area contributed by atoms with Crippen LogP contribution in [0.5, 0.6) is 0 Å². The van der Waals surface area contributed by atoms with Gasteiger partial charge in [-0.2, -0.15) is 11.3 Å². The molecule has 0 saturated carbocycles. The minimum Gasteiger partial charge on any atom is -0.374 e. The van der Waals surface area contributed by atoms with E-state index in [4.69, 9.17) is 0 Å². The Morgan fingerprint density at radius 3 is 2.88 bits per heavy atom. The first-order chi connectivity index (χ1) is 12.2. The molecule has 0 radical (unpaired) electrons. The van der Waals surface area contributed by atoms with Crippen molar-refractivity contribution in [2.45, 2.75) is 32.2 Å². The standard InChI is InChI=1S/C20H28N4S.HI/c1-15(18-8-10-25-14-18)12-22-20(21-2)23-13-16-6-7-19-17(11-16)5-4-9-24(19)3;/h6-8,10-11,14-15H,4-5,9,12-13H2,1-3H3,(H2,21,22,23);1H. The maximum absolute atomic E-state index is 4.34. The molecule has 0 amide bonds. The number of anilines is 1. The number of nitrogens with one attached hydrogen (secondary N) is 2. The molecule has 3 rings (SSSR count). The number of guanidine groups is 1. The summed E-state index contributed by atoms with van der Waals surface area (Å²) in [5.41, 5.74) is 5.53. The van der Waals surface area contributed by atoms with E-state index in [2.05, 4.69) is 69.5 Å². The predicted octanol–water partition coefficient (Wildman–Crippen LogP) is 4.22. The number of aliphatic imine (C=N–C) groups is 1. The average molecular weight is 484 g/mol. The van der Waals surface area contributed by atoms with E-state index in [-0.39, 0.29) is 24.0 Å². The van der Waals surface area contributed by atoms with Gasteiger partial charge in [0.25, 0.3) is 0 Å². The van der Waals surface area contributed by atoms with E-state index in [1.165, 1.54) is 35.2 Å². The summed E-state index contributed by atoms with van der Waals surface area (Å²) >= 11 is 1.75. The number of benzene rings is 1. The third-order valence-electron chi connectivity index (χ3n) is 4.87. The summed E-state index contributed by atoms with van der Waals surface area (Å²) in [6, 6.07) is 8.99. The summed E-state index contributed by atoms with van der Waals surface area (Å²) in [7, 11) is 4.00. The van der Waals surface area contributed by atoms with Gasteiger partial charge in [-0.1, -0.05) is 19.1 Å². The van der Waals surface area contributed by atoms with Crippen LogP contribution in [0.2, 0.25) is 0 Å². The quantitative estimate of drug-likeness (QED) is 0.380. The summed E-state index contributed by atoms with van der Waals surface area (Å²) in [5, 5.41) is 11.2. The van der Waals surface area contributed by atoms with Crippen LogP contribution in [0.25, 0.3) is 0 Å². The van der Waals surface area contributed by atoms with Gasteiger partial charge >= 0.3 is 0 Å². The molecular weight excluding hydrogens is 455 g/mol. The van der Waals surface area contributed by atoms with E-state index in [9.17, 15) is 0 Å². The number of halogens is 1. The minimum atomic E-state index is 0. The highest BCUT2D eigenvalue weighted by atomic mass is 127. The van der Waals surface area contributed by atoms with E-state index in [0.717, 1.165) is 25.6 Å². The van der Waals surface area contributed by atoms with Crippen LogP contribution in [-0.4, -0.2) is 33.1 Å². The molecule has 0 fully saturated rings. The van der Waals surface area contributed by atoms with Gasteiger partial charge in [0.15, 0.2) is 5.96 Å². The molecule has 0 aliphatic carbocycles. The Bertz CT molecular complexity index is 715. The molecule has 1 unspecified atom stereocenters. The van der Waals surface area contributed by atoms with Crippen LogP contribution in [0.3, 0.4) is 0 Å². The highest BCUT2D eigenvalue weighted by Gasteiger charge is 2.13. The largest absolute Gasteiger partial charge is 0.374 e. The lowest BCUT2D eigenvalue weighted by Crippen LogP contribution is -2.38. The summed E-state index contributed by atoms with van der Waals surface area (Å²) in [6.45, 7) is 5.07. The number of rotatable bonds is 5. The fourth-order valence-corrected chi connectivity index (χ4v) is 4.06. The molecule has 1 aromatic heterocycles. The Labute approximate surface area is 178 Å². The first-order valence-corrected chi connectivity index (χ1v) is 9.91. The number of hydrogen-bond donors (Lipinski definition) is 2. The van der Waals surface area contributed by atoms with Crippen LogP contribution in [0.15, 0.2) is 40.0 Å². The van der Waals surface area contributed by atoms with Gasteiger partial charge in [0.1, 0.15) is 0 Å². The Kier molecular flexibility index (Phi) is 8.21. The smallest absolute Gasteiger partial charge is 0.191 e. The number of nitrogens with zero attached hydrogens (tertiary/aromatic N) is 2. The zero-order valence-electron chi connectivity index (χ0n) is 15.8. The van der Waals surface area contributed by atoms with Crippen molar-refractivity contribution in [3.05, 3.63) is 51.7 Å². The molecule has 4 nitrogen and oxygen atoms in total. The third-order valence-corrected chi connectivity index (χ3v) is 5.57. The van der Waals surface area contributed by atoms with Gasteiger partial charge in [-0.05, 0) is 58.3 Å². The lowest BCUT2D eigenvalue weighted by Gasteiger charge is -2.28. The second-order valence-electron chi connectivity index (χ2n) is 6.75. The number of fused-ring (bicyclic) bond motifs is 1. The normalized spacial score (nSPS) is 15.0. The Morgan fingerprint density at radius 2 is 2.15 bits per heavy atom. The van der Waals surface area contributed by atoms with Crippen molar-refractivity contribution in [1.82, 2.24) is 10.6 Å². The second-order valence-corrected chi connectivity index (χ2v) is 7.53.